The van der Waals surface area contributed by atoms with E-state index in [1.54, 1.807) is 6.07 Å². The summed E-state index contributed by atoms with van der Waals surface area (Å²) in [5, 5.41) is 0. The average Bonchev–Trinajstić information content (AvgIpc) is 2.89. The lowest BCUT2D eigenvalue weighted by Crippen LogP contribution is -2.36. The Bertz CT molecular complexity index is 391. The van der Waals surface area contributed by atoms with Gasteiger partial charge in [0.05, 0.1) is 0 Å². The van der Waals surface area contributed by atoms with Crippen molar-refractivity contribution in [3.8, 4) is 0 Å². The summed E-state index contributed by atoms with van der Waals surface area (Å²) < 4.78 is 14.4. The zero-order valence-electron chi connectivity index (χ0n) is 9.34. The summed E-state index contributed by atoms with van der Waals surface area (Å²) in [4.78, 5) is 2.08. The molecule has 0 spiro atoms. The van der Waals surface area contributed by atoms with Gasteiger partial charge in [-0.25, -0.2) is 4.39 Å². The third-order valence-electron chi connectivity index (χ3n) is 2.93. The molecule has 4 heteroatoms. The Morgan fingerprint density at radius 1 is 1.50 bits per heavy atom. The number of hydrogen-bond acceptors (Lipinski definition) is 2. The van der Waals surface area contributed by atoms with E-state index in [0.717, 1.165) is 23.9 Å². The maximum Gasteiger partial charge on any atom is 0.127 e. The van der Waals surface area contributed by atoms with Crippen molar-refractivity contribution in [3.05, 3.63) is 34.1 Å². The van der Waals surface area contributed by atoms with Crippen molar-refractivity contribution in [3.63, 3.8) is 0 Å². The van der Waals surface area contributed by atoms with Crippen molar-refractivity contribution >= 4 is 15.9 Å². The summed E-state index contributed by atoms with van der Waals surface area (Å²) in [7, 11) is 1.98. The topological polar surface area (TPSA) is 29.3 Å². The minimum Gasteiger partial charge on any atom is -0.324 e. The van der Waals surface area contributed by atoms with Crippen LogP contribution in [0.2, 0.25) is 0 Å². The van der Waals surface area contributed by atoms with Gasteiger partial charge in [0.2, 0.25) is 0 Å². The second-order valence-electron chi connectivity index (χ2n) is 4.77. The highest BCUT2D eigenvalue weighted by atomic mass is 79.9. The summed E-state index contributed by atoms with van der Waals surface area (Å²) in [6.45, 7) is 1.43. The maximum absolute atomic E-state index is 13.5. The molecule has 0 radical (unpaired) electrons. The second kappa shape index (κ2) is 4.43. The number of nitrogens with two attached hydrogens (primary N) is 1. The van der Waals surface area contributed by atoms with Gasteiger partial charge in [-0.05, 0) is 38.1 Å². The highest BCUT2D eigenvalue weighted by molar-refractivity contribution is 9.10. The molecule has 0 heterocycles. The molecule has 0 atom stereocenters. The molecule has 0 saturated heterocycles. The van der Waals surface area contributed by atoms with Gasteiger partial charge in [0.1, 0.15) is 5.82 Å². The van der Waals surface area contributed by atoms with Crippen LogP contribution in [0.1, 0.15) is 18.4 Å². The Kier molecular flexibility index (Phi) is 3.33. The first kappa shape index (κ1) is 12.0. The SMILES string of the molecule is CN(Cc1cc(Br)ccc1F)CC1(N)CC1. The van der Waals surface area contributed by atoms with Crippen LogP contribution in [0.3, 0.4) is 0 Å². The summed E-state index contributed by atoms with van der Waals surface area (Å²) in [6, 6.07) is 5.02. The molecule has 2 rings (SSSR count). The molecule has 0 unspecified atom stereocenters. The summed E-state index contributed by atoms with van der Waals surface area (Å²) in [6.07, 6.45) is 2.16. The van der Waals surface area contributed by atoms with Crippen LogP contribution < -0.4 is 5.73 Å². The van der Waals surface area contributed by atoms with E-state index >= 15 is 0 Å². The molecule has 1 aromatic carbocycles. The van der Waals surface area contributed by atoms with Crippen LogP contribution >= 0.6 is 15.9 Å². The minimum absolute atomic E-state index is 0.0166. The van der Waals surface area contributed by atoms with E-state index in [0.29, 0.717) is 12.1 Å². The quantitative estimate of drug-likeness (QED) is 0.922. The minimum atomic E-state index is -0.156. The third-order valence-corrected chi connectivity index (χ3v) is 3.42. The van der Waals surface area contributed by atoms with Crippen LogP contribution in [0.25, 0.3) is 0 Å². The van der Waals surface area contributed by atoms with Gasteiger partial charge in [-0.15, -0.1) is 0 Å². The van der Waals surface area contributed by atoms with E-state index in [1.165, 1.54) is 6.07 Å². The number of rotatable bonds is 4. The molecule has 0 aliphatic heterocycles. The zero-order valence-corrected chi connectivity index (χ0v) is 10.9. The molecular weight excluding hydrogens is 271 g/mol. The van der Waals surface area contributed by atoms with E-state index in [1.807, 2.05) is 13.1 Å². The fraction of sp³-hybridized carbons (Fsp3) is 0.500. The van der Waals surface area contributed by atoms with E-state index in [4.69, 9.17) is 5.73 Å². The van der Waals surface area contributed by atoms with E-state index in [2.05, 4.69) is 20.8 Å². The van der Waals surface area contributed by atoms with Gasteiger partial charge in [0.25, 0.3) is 0 Å². The number of nitrogens with zero attached hydrogens (tertiary/aromatic N) is 1. The predicted molar refractivity (Wildman–Crippen MR) is 66.6 cm³/mol. The molecule has 0 amide bonds. The predicted octanol–water partition coefficient (Wildman–Crippen LogP) is 2.51. The van der Waals surface area contributed by atoms with Crippen molar-refractivity contribution in [1.29, 1.82) is 0 Å². The summed E-state index contributed by atoms with van der Waals surface area (Å²) >= 11 is 3.35. The Labute approximate surface area is 104 Å². The standard InChI is InChI=1S/C12H16BrFN2/c1-16(8-12(15)4-5-12)7-9-6-10(13)2-3-11(9)14/h2-3,6H,4-5,7-8,15H2,1H3. The molecule has 1 fully saturated rings. The van der Waals surface area contributed by atoms with E-state index in [9.17, 15) is 4.39 Å². The van der Waals surface area contributed by atoms with Crippen LogP contribution in [0.15, 0.2) is 22.7 Å². The average molecular weight is 287 g/mol. The lowest BCUT2D eigenvalue weighted by molar-refractivity contribution is 0.291. The molecule has 1 aliphatic rings. The molecule has 1 saturated carbocycles. The zero-order chi connectivity index (χ0) is 11.8. The molecule has 1 aliphatic carbocycles. The molecular formula is C12H16BrFN2. The number of hydrogen-bond donors (Lipinski definition) is 1. The van der Waals surface area contributed by atoms with Crippen molar-refractivity contribution in [1.82, 2.24) is 4.90 Å². The van der Waals surface area contributed by atoms with Gasteiger partial charge in [0.15, 0.2) is 0 Å². The molecule has 88 valence electrons. The lowest BCUT2D eigenvalue weighted by Gasteiger charge is -2.21. The molecule has 2 nitrogen and oxygen atoms in total. The Morgan fingerprint density at radius 2 is 2.19 bits per heavy atom. The van der Waals surface area contributed by atoms with Crippen LogP contribution in [-0.4, -0.2) is 24.0 Å². The van der Waals surface area contributed by atoms with Crippen molar-refractivity contribution in [2.45, 2.75) is 24.9 Å². The highest BCUT2D eigenvalue weighted by Gasteiger charge is 2.38. The van der Waals surface area contributed by atoms with Crippen molar-refractivity contribution < 1.29 is 4.39 Å². The van der Waals surface area contributed by atoms with Gasteiger partial charge in [-0.2, -0.15) is 0 Å². The van der Waals surface area contributed by atoms with Gasteiger partial charge in [-0.3, -0.25) is 0 Å². The normalized spacial score (nSPS) is 17.8. The first-order valence-electron chi connectivity index (χ1n) is 5.40. The maximum atomic E-state index is 13.5. The highest BCUT2D eigenvalue weighted by Crippen LogP contribution is 2.33. The molecule has 0 aromatic heterocycles. The van der Waals surface area contributed by atoms with E-state index in [-0.39, 0.29) is 11.4 Å². The fourth-order valence-electron chi connectivity index (χ4n) is 1.87. The van der Waals surface area contributed by atoms with Crippen molar-refractivity contribution in [2.24, 2.45) is 5.73 Å². The smallest absolute Gasteiger partial charge is 0.127 e. The third kappa shape index (κ3) is 3.03. The van der Waals surface area contributed by atoms with Crippen molar-refractivity contribution in [2.75, 3.05) is 13.6 Å². The molecule has 0 bridgehead atoms. The number of likely N-dealkylation sites (N-methyl/N-ethyl adjacent to an activating group) is 1. The van der Waals surface area contributed by atoms with Gasteiger partial charge in [0, 0.05) is 28.7 Å². The van der Waals surface area contributed by atoms with Crippen LogP contribution in [0, 0.1) is 5.82 Å². The Morgan fingerprint density at radius 3 is 2.81 bits per heavy atom. The van der Waals surface area contributed by atoms with Crippen LogP contribution in [0.5, 0.6) is 0 Å². The first-order chi connectivity index (χ1) is 7.48. The largest absolute Gasteiger partial charge is 0.324 e. The monoisotopic (exact) mass is 286 g/mol. The van der Waals surface area contributed by atoms with Gasteiger partial charge in [-0.1, -0.05) is 15.9 Å². The molecule has 16 heavy (non-hydrogen) atoms. The lowest BCUT2D eigenvalue weighted by atomic mass is 10.2. The summed E-state index contributed by atoms with van der Waals surface area (Å²) in [5.74, 6) is -0.156. The van der Waals surface area contributed by atoms with E-state index < -0.39 is 0 Å². The fourth-order valence-corrected chi connectivity index (χ4v) is 2.28. The molecule has 1 aromatic rings. The van der Waals surface area contributed by atoms with Crippen LogP contribution in [0.4, 0.5) is 4.39 Å². The second-order valence-corrected chi connectivity index (χ2v) is 5.69. The Hall–Kier alpha value is -0.450. The Balaban J connectivity index is 1.99. The van der Waals surface area contributed by atoms with Gasteiger partial charge >= 0.3 is 0 Å². The summed E-state index contributed by atoms with van der Waals surface area (Å²) in [5.41, 5.74) is 6.72. The first-order valence-corrected chi connectivity index (χ1v) is 6.19. The van der Waals surface area contributed by atoms with Crippen LogP contribution in [-0.2, 0) is 6.54 Å². The number of halogens is 2. The number of benzene rings is 1. The van der Waals surface area contributed by atoms with Gasteiger partial charge < -0.3 is 10.6 Å². The molecule has 2 N–H and O–H groups in total.